The maximum atomic E-state index is 12.7. The average Bonchev–Trinajstić information content (AvgIpc) is 2.69. The summed E-state index contributed by atoms with van der Waals surface area (Å²) in [7, 11) is 0. The van der Waals surface area contributed by atoms with Gasteiger partial charge < -0.3 is 0 Å². The van der Waals surface area contributed by atoms with Crippen LogP contribution in [0.5, 0.6) is 0 Å². The van der Waals surface area contributed by atoms with Crippen molar-refractivity contribution in [2.45, 2.75) is 40.0 Å². The van der Waals surface area contributed by atoms with Crippen molar-refractivity contribution < 1.29 is 9.59 Å². The first-order chi connectivity index (χ1) is 9.91. The van der Waals surface area contributed by atoms with E-state index in [0.717, 1.165) is 40.5 Å². The molecule has 0 unspecified atom stereocenters. The van der Waals surface area contributed by atoms with Crippen LogP contribution in [0.25, 0.3) is 0 Å². The molecule has 0 spiro atoms. The number of carbonyl (C=O) groups is 2. The lowest BCUT2D eigenvalue weighted by molar-refractivity contribution is -0.122. The van der Waals surface area contributed by atoms with Crippen molar-refractivity contribution in [3.8, 4) is 0 Å². The zero-order valence-corrected chi connectivity index (χ0v) is 14.2. The summed E-state index contributed by atoms with van der Waals surface area (Å²) < 4.78 is 1.01. The first-order valence-corrected chi connectivity index (χ1v) is 8.34. The van der Waals surface area contributed by atoms with Crippen molar-refractivity contribution in [3.63, 3.8) is 0 Å². The normalized spacial score (nSPS) is 29.0. The van der Waals surface area contributed by atoms with Crippen molar-refractivity contribution in [3.05, 3.63) is 27.7 Å². The molecule has 0 aromatic heterocycles. The number of nitrogens with zero attached hydrogens (tertiary/aromatic N) is 1. The van der Waals surface area contributed by atoms with Crippen LogP contribution >= 0.6 is 15.9 Å². The number of fused-ring (bicyclic) bond motifs is 1. The number of imide groups is 1. The Hall–Kier alpha value is -1.16. The number of rotatable bonds is 1. The van der Waals surface area contributed by atoms with Crippen LogP contribution in [0.15, 0.2) is 16.6 Å². The van der Waals surface area contributed by atoms with Crippen LogP contribution in [0.1, 0.15) is 37.3 Å². The second-order valence-electron chi connectivity index (χ2n) is 6.46. The Balaban J connectivity index is 2.02. The first kappa shape index (κ1) is 14.8. The van der Waals surface area contributed by atoms with E-state index >= 15 is 0 Å². The van der Waals surface area contributed by atoms with E-state index in [-0.39, 0.29) is 23.7 Å². The summed E-state index contributed by atoms with van der Waals surface area (Å²) in [6.45, 7) is 6.15. The molecule has 1 aromatic carbocycles. The van der Waals surface area contributed by atoms with Gasteiger partial charge in [0.25, 0.3) is 0 Å². The molecule has 1 aliphatic heterocycles. The van der Waals surface area contributed by atoms with Crippen LogP contribution in [0.4, 0.5) is 5.69 Å². The fourth-order valence-corrected chi connectivity index (χ4v) is 4.07. The van der Waals surface area contributed by atoms with E-state index in [1.54, 1.807) is 0 Å². The van der Waals surface area contributed by atoms with E-state index < -0.39 is 0 Å². The lowest BCUT2D eigenvalue weighted by Gasteiger charge is -2.25. The third-order valence-corrected chi connectivity index (χ3v) is 5.98. The molecule has 1 saturated carbocycles. The number of anilines is 1. The van der Waals surface area contributed by atoms with Gasteiger partial charge in [0.2, 0.25) is 11.8 Å². The molecule has 1 heterocycles. The van der Waals surface area contributed by atoms with Crippen molar-refractivity contribution in [2.75, 3.05) is 4.90 Å². The molecule has 3 rings (SSSR count). The molecule has 0 bridgehead atoms. The van der Waals surface area contributed by atoms with E-state index in [2.05, 4.69) is 22.9 Å². The molecule has 21 heavy (non-hydrogen) atoms. The molecule has 112 valence electrons. The second-order valence-corrected chi connectivity index (χ2v) is 7.31. The molecule has 1 aromatic rings. The van der Waals surface area contributed by atoms with Crippen LogP contribution in [0.2, 0.25) is 0 Å². The summed E-state index contributed by atoms with van der Waals surface area (Å²) in [5.41, 5.74) is 2.84. The number of amides is 2. The summed E-state index contributed by atoms with van der Waals surface area (Å²) in [6, 6.07) is 3.80. The van der Waals surface area contributed by atoms with E-state index in [9.17, 15) is 9.59 Å². The molecule has 2 amide bonds. The van der Waals surface area contributed by atoms with Gasteiger partial charge in [-0.15, -0.1) is 0 Å². The Morgan fingerprint density at radius 1 is 1.05 bits per heavy atom. The van der Waals surface area contributed by atoms with Crippen molar-refractivity contribution in [2.24, 2.45) is 17.8 Å². The minimum Gasteiger partial charge on any atom is -0.274 e. The second kappa shape index (κ2) is 5.24. The molecule has 1 saturated heterocycles. The van der Waals surface area contributed by atoms with Crippen molar-refractivity contribution >= 4 is 33.4 Å². The SMILES string of the molecule is Cc1c(Br)ccc(N2C(=O)[C@H]3C[C@H](C)CC[C@H]3C2=O)c1C. The van der Waals surface area contributed by atoms with E-state index in [1.807, 2.05) is 26.0 Å². The molecule has 3 atom stereocenters. The zero-order valence-electron chi connectivity index (χ0n) is 12.6. The number of hydrogen-bond acceptors (Lipinski definition) is 2. The van der Waals surface area contributed by atoms with Crippen LogP contribution < -0.4 is 4.90 Å². The Kier molecular flexibility index (Phi) is 3.68. The summed E-state index contributed by atoms with van der Waals surface area (Å²) in [4.78, 5) is 26.9. The molecular weight excluding hydrogens is 330 g/mol. The third kappa shape index (κ3) is 2.24. The Morgan fingerprint density at radius 2 is 1.71 bits per heavy atom. The number of carbonyl (C=O) groups excluding carboxylic acids is 2. The maximum Gasteiger partial charge on any atom is 0.237 e. The highest BCUT2D eigenvalue weighted by atomic mass is 79.9. The quantitative estimate of drug-likeness (QED) is 0.718. The summed E-state index contributed by atoms with van der Waals surface area (Å²) in [5.74, 6) is 0.334. The number of benzene rings is 1. The fraction of sp³-hybridized carbons (Fsp3) is 0.529. The minimum atomic E-state index is -0.107. The largest absolute Gasteiger partial charge is 0.274 e. The predicted molar refractivity (Wildman–Crippen MR) is 86.1 cm³/mol. The Bertz CT molecular complexity index is 625. The van der Waals surface area contributed by atoms with Crippen LogP contribution in [0.3, 0.4) is 0 Å². The van der Waals surface area contributed by atoms with E-state index in [0.29, 0.717) is 5.92 Å². The summed E-state index contributed by atoms with van der Waals surface area (Å²) >= 11 is 3.50. The minimum absolute atomic E-state index is 0.00127. The van der Waals surface area contributed by atoms with Gasteiger partial charge in [0.15, 0.2) is 0 Å². The predicted octanol–water partition coefficient (Wildman–Crippen LogP) is 3.99. The molecule has 2 aliphatic rings. The van der Waals surface area contributed by atoms with Gasteiger partial charge in [0.05, 0.1) is 17.5 Å². The molecule has 2 fully saturated rings. The van der Waals surface area contributed by atoms with E-state index in [1.165, 1.54) is 4.90 Å². The van der Waals surface area contributed by atoms with Gasteiger partial charge in [-0.05, 0) is 62.3 Å². The lowest BCUT2D eigenvalue weighted by Crippen LogP contribution is -2.31. The number of hydrogen-bond donors (Lipinski definition) is 0. The summed E-state index contributed by atoms with van der Waals surface area (Å²) in [5, 5.41) is 0. The molecule has 4 heteroatoms. The smallest absolute Gasteiger partial charge is 0.237 e. The molecule has 0 radical (unpaired) electrons. The highest BCUT2D eigenvalue weighted by molar-refractivity contribution is 9.10. The van der Waals surface area contributed by atoms with Gasteiger partial charge in [0, 0.05) is 4.47 Å². The highest BCUT2D eigenvalue weighted by Crippen LogP contribution is 2.43. The highest BCUT2D eigenvalue weighted by Gasteiger charge is 2.50. The average molecular weight is 350 g/mol. The van der Waals surface area contributed by atoms with Gasteiger partial charge >= 0.3 is 0 Å². The Morgan fingerprint density at radius 3 is 2.43 bits per heavy atom. The third-order valence-electron chi connectivity index (χ3n) is 5.12. The van der Waals surface area contributed by atoms with Gasteiger partial charge in [0.1, 0.15) is 0 Å². The van der Waals surface area contributed by atoms with Crippen LogP contribution in [-0.2, 0) is 9.59 Å². The van der Waals surface area contributed by atoms with Gasteiger partial charge in [-0.1, -0.05) is 22.9 Å². The molecular formula is C17H20BrNO2. The molecule has 1 aliphatic carbocycles. The summed E-state index contributed by atoms with van der Waals surface area (Å²) in [6.07, 6.45) is 2.74. The topological polar surface area (TPSA) is 37.4 Å². The Labute approximate surface area is 133 Å². The monoisotopic (exact) mass is 349 g/mol. The van der Waals surface area contributed by atoms with Gasteiger partial charge in [-0.3, -0.25) is 9.59 Å². The standard InChI is InChI=1S/C17H20BrNO2/c1-9-4-5-12-13(8-9)17(21)19(16(12)20)15-7-6-14(18)10(2)11(15)3/h6-7,9,12-13H,4-5,8H2,1-3H3/t9-,12-,13+/m1/s1. The lowest BCUT2D eigenvalue weighted by atomic mass is 9.76. The number of halogens is 1. The van der Waals surface area contributed by atoms with Crippen molar-refractivity contribution in [1.29, 1.82) is 0 Å². The van der Waals surface area contributed by atoms with Crippen molar-refractivity contribution in [1.82, 2.24) is 0 Å². The zero-order chi connectivity index (χ0) is 15.3. The maximum absolute atomic E-state index is 12.7. The van der Waals surface area contributed by atoms with Gasteiger partial charge in [-0.2, -0.15) is 0 Å². The fourth-order valence-electron chi connectivity index (χ4n) is 3.64. The molecule has 3 nitrogen and oxygen atoms in total. The first-order valence-electron chi connectivity index (χ1n) is 7.55. The van der Waals surface area contributed by atoms with E-state index in [4.69, 9.17) is 0 Å². The molecule has 0 N–H and O–H groups in total. The van der Waals surface area contributed by atoms with Gasteiger partial charge in [-0.25, -0.2) is 4.90 Å². The van der Waals surface area contributed by atoms with Crippen LogP contribution in [0, 0.1) is 31.6 Å². The van der Waals surface area contributed by atoms with Crippen LogP contribution in [-0.4, -0.2) is 11.8 Å².